The van der Waals surface area contributed by atoms with Crippen LogP contribution in [-0.2, 0) is 0 Å². The summed E-state index contributed by atoms with van der Waals surface area (Å²) in [5.74, 6) is 1.13. The zero-order valence-corrected chi connectivity index (χ0v) is 13.8. The Labute approximate surface area is 128 Å². The second-order valence-corrected chi connectivity index (χ2v) is 7.42. The normalized spacial score (nSPS) is 22.8. The van der Waals surface area contributed by atoms with E-state index in [1.54, 1.807) is 18.2 Å². The number of benzene rings is 1. The molecule has 0 bridgehead atoms. The average molecular weight is 291 g/mol. The van der Waals surface area contributed by atoms with E-state index in [1.807, 2.05) is 0 Å². The predicted octanol–water partition coefficient (Wildman–Crippen LogP) is 4.31. The zero-order valence-electron chi connectivity index (χ0n) is 13.8. The van der Waals surface area contributed by atoms with Crippen LogP contribution in [0.3, 0.4) is 0 Å². The molecule has 1 fully saturated rings. The molecule has 3 heteroatoms. The number of hydrogen-bond donors (Lipinski definition) is 2. The Bertz CT molecular complexity index is 458. The van der Waals surface area contributed by atoms with Gasteiger partial charge in [0, 0.05) is 6.04 Å². The molecule has 2 atom stereocenters. The van der Waals surface area contributed by atoms with Crippen molar-refractivity contribution in [3.8, 4) is 11.5 Å². The SMILES string of the molecule is CC(c1c(O)cccc1O)N1CCCC(C(C)(C)C)CC1. The first-order valence-electron chi connectivity index (χ1n) is 8.05. The molecule has 0 spiro atoms. The summed E-state index contributed by atoms with van der Waals surface area (Å²) in [7, 11) is 0. The van der Waals surface area contributed by atoms with Gasteiger partial charge < -0.3 is 10.2 Å². The van der Waals surface area contributed by atoms with Crippen LogP contribution in [0.1, 0.15) is 58.6 Å². The molecule has 118 valence electrons. The number of phenols is 2. The van der Waals surface area contributed by atoms with Gasteiger partial charge in [-0.3, -0.25) is 4.90 Å². The summed E-state index contributed by atoms with van der Waals surface area (Å²) in [6.45, 7) is 11.1. The minimum Gasteiger partial charge on any atom is -0.507 e. The first-order chi connectivity index (χ1) is 9.80. The fraction of sp³-hybridized carbons (Fsp3) is 0.667. The lowest BCUT2D eigenvalue weighted by Gasteiger charge is -2.31. The number of likely N-dealkylation sites (tertiary alicyclic amines) is 1. The maximum atomic E-state index is 10.1. The van der Waals surface area contributed by atoms with Crippen LogP contribution in [0, 0.1) is 11.3 Å². The van der Waals surface area contributed by atoms with Crippen LogP contribution < -0.4 is 0 Å². The van der Waals surface area contributed by atoms with Gasteiger partial charge in [0.25, 0.3) is 0 Å². The van der Waals surface area contributed by atoms with Gasteiger partial charge in [-0.1, -0.05) is 26.8 Å². The van der Waals surface area contributed by atoms with Crippen molar-refractivity contribution in [3.63, 3.8) is 0 Å². The molecule has 1 aromatic carbocycles. The van der Waals surface area contributed by atoms with E-state index in [1.165, 1.54) is 19.3 Å². The third kappa shape index (κ3) is 3.70. The minimum absolute atomic E-state index is 0.0462. The molecule has 1 aliphatic heterocycles. The van der Waals surface area contributed by atoms with Gasteiger partial charge >= 0.3 is 0 Å². The summed E-state index contributed by atoms with van der Waals surface area (Å²) < 4.78 is 0. The van der Waals surface area contributed by atoms with Crippen LogP contribution in [0.25, 0.3) is 0 Å². The zero-order chi connectivity index (χ0) is 15.6. The lowest BCUT2D eigenvalue weighted by molar-refractivity contribution is 0.186. The molecule has 1 aliphatic rings. The Morgan fingerprint density at radius 1 is 1.10 bits per heavy atom. The number of hydrogen-bond acceptors (Lipinski definition) is 3. The van der Waals surface area contributed by atoms with Crippen molar-refractivity contribution in [2.24, 2.45) is 11.3 Å². The summed E-state index contributed by atoms with van der Waals surface area (Å²) in [5, 5.41) is 20.1. The molecule has 0 aliphatic carbocycles. The van der Waals surface area contributed by atoms with Gasteiger partial charge in [0.1, 0.15) is 11.5 Å². The lowest BCUT2D eigenvalue weighted by atomic mass is 9.77. The average Bonchev–Trinajstić information content (AvgIpc) is 2.63. The Morgan fingerprint density at radius 2 is 1.71 bits per heavy atom. The van der Waals surface area contributed by atoms with E-state index in [-0.39, 0.29) is 17.5 Å². The van der Waals surface area contributed by atoms with E-state index in [9.17, 15) is 10.2 Å². The highest BCUT2D eigenvalue weighted by Crippen LogP contribution is 2.39. The second-order valence-electron chi connectivity index (χ2n) is 7.42. The van der Waals surface area contributed by atoms with E-state index in [0.717, 1.165) is 19.0 Å². The number of phenolic OH excluding ortho intramolecular Hbond substituents is 2. The van der Waals surface area contributed by atoms with Crippen molar-refractivity contribution in [1.82, 2.24) is 4.90 Å². The minimum atomic E-state index is 0.0462. The molecule has 2 unspecified atom stereocenters. The van der Waals surface area contributed by atoms with Crippen LogP contribution in [0.4, 0.5) is 0 Å². The van der Waals surface area contributed by atoms with Crippen LogP contribution >= 0.6 is 0 Å². The summed E-state index contributed by atoms with van der Waals surface area (Å²) in [6.07, 6.45) is 3.63. The third-order valence-corrected chi connectivity index (χ3v) is 5.01. The molecule has 0 radical (unpaired) electrons. The lowest BCUT2D eigenvalue weighted by Crippen LogP contribution is -2.29. The molecule has 1 heterocycles. The molecule has 2 N–H and O–H groups in total. The quantitative estimate of drug-likeness (QED) is 0.853. The molecular weight excluding hydrogens is 262 g/mol. The molecule has 1 aromatic rings. The Kier molecular flexibility index (Phi) is 4.82. The van der Waals surface area contributed by atoms with Crippen LogP contribution in [0.5, 0.6) is 11.5 Å². The van der Waals surface area contributed by atoms with Crippen LogP contribution in [0.15, 0.2) is 18.2 Å². The standard InChI is InChI=1S/C18H29NO2/c1-13(17-15(20)8-5-9-16(17)21)19-11-6-7-14(10-12-19)18(2,3)4/h5,8-9,13-14,20-21H,6-7,10-12H2,1-4H3. The van der Waals surface area contributed by atoms with E-state index in [0.29, 0.717) is 11.0 Å². The summed E-state index contributed by atoms with van der Waals surface area (Å²) >= 11 is 0. The van der Waals surface area contributed by atoms with Gasteiger partial charge in [-0.2, -0.15) is 0 Å². The topological polar surface area (TPSA) is 43.7 Å². The first kappa shape index (κ1) is 16.2. The highest BCUT2D eigenvalue weighted by Gasteiger charge is 2.29. The van der Waals surface area contributed by atoms with Gasteiger partial charge in [0.05, 0.1) is 5.56 Å². The van der Waals surface area contributed by atoms with Gasteiger partial charge in [0.2, 0.25) is 0 Å². The van der Waals surface area contributed by atoms with E-state index < -0.39 is 0 Å². The Balaban J connectivity index is 2.12. The first-order valence-corrected chi connectivity index (χ1v) is 8.05. The largest absolute Gasteiger partial charge is 0.507 e. The van der Waals surface area contributed by atoms with Gasteiger partial charge in [-0.25, -0.2) is 0 Å². The monoisotopic (exact) mass is 291 g/mol. The van der Waals surface area contributed by atoms with Crippen molar-refractivity contribution in [1.29, 1.82) is 0 Å². The van der Waals surface area contributed by atoms with Crippen LogP contribution in [0.2, 0.25) is 0 Å². The van der Waals surface area contributed by atoms with Crippen molar-refractivity contribution in [2.45, 2.75) is 53.0 Å². The fourth-order valence-electron chi connectivity index (χ4n) is 3.52. The molecule has 2 rings (SSSR count). The highest BCUT2D eigenvalue weighted by atomic mass is 16.3. The molecule has 0 saturated carbocycles. The molecular formula is C18H29NO2. The van der Waals surface area contributed by atoms with Crippen molar-refractivity contribution >= 4 is 0 Å². The van der Waals surface area contributed by atoms with E-state index in [2.05, 4.69) is 32.6 Å². The van der Waals surface area contributed by atoms with Crippen molar-refractivity contribution in [3.05, 3.63) is 23.8 Å². The van der Waals surface area contributed by atoms with Gasteiger partial charge in [0.15, 0.2) is 0 Å². The second kappa shape index (κ2) is 6.27. The maximum absolute atomic E-state index is 10.1. The smallest absolute Gasteiger partial charge is 0.124 e. The molecule has 1 saturated heterocycles. The van der Waals surface area contributed by atoms with Gasteiger partial charge in [-0.05, 0) is 62.7 Å². The number of nitrogens with zero attached hydrogens (tertiary/aromatic N) is 1. The van der Waals surface area contributed by atoms with Crippen molar-refractivity contribution in [2.75, 3.05) is 13.1 Å². The Morgan fingerprint density at radius 3 is 2.29 bits per heavy atom. The molecule has 0 amide bonds. The van der Waals surface area contributed by atoms with Crippen molar-refractivity contribution < 1.29 is 10.2 Å². The fourth-order valence-corrected chi connectivity index (χ4v) is 3.52. The maximum Gasteiger partial charge on any atom is 0.124 e. The summed E-state index contributed by atoms with van der Waals surface area (Å²) in [6, 6.07) is 5.03. The number of rotatable bonds is 2. The third-order valence-electron chi connectivity index (χ3n) is 5.01. The van der Waals surface area contributed by atoms with Gasteiger partial charge in [-0.15, -0.1) is 0 Å². The Hall–Kier alpha value is -1.22. The number of aromatic hydroxyl groups is 2. The van der Waals surface area contributed by atoms with Crippen LogP contribution in [-0.4, -0.2) is 28.2 Å². The summed E-state index contributed by atoms with van der Waals surface area (Å²) in [4.78, 5) is 2.39. The highest BCUT2D eigenvalue weighted by molar-refractivity contribution is 5.44. The van der Waals surface area contributed by atoms with E-state index >= 15 is 0 Å². The summed E-state index contributed by atoms with van der Waals surface area (Å²) in [5.41, 5.74) is 1.02. The molecule has 21 heavy (non-hydrogen) atoms. The predicted molar refractivity (Wildman–Crippen MR) is 86.6 cm³/mol. The molecule has 0 aromatic heterocycles. The van der Waals surface area contributed by atoms with E-state index in [4.69, 9.17) is 0 Å². The molecule has 3 nitrogen and oxygen atoms in total.